The zero-order chi connectivity index (χ0) is 9.72. The number of terminal acetylenes is 1. The molecule has 0 saturated heterocycles. The summed E-state index contributed by atoms with van der Waals surface area (Å²) < 4.78 is 0. The van der Waals surface area contributed by atoms with Gasteiger partial charge in [0.05, 0.1) is 0 Å². The number of rotatable bonds is 3. The molecule has 1 N–H and O–H groups in total. The van der Waals surface area contributed by atoms with Gasteiger partial charge in [0.25, 0.3) is 5.91 Å². The monoisotopic (exact) mass is 169 g/mol. The van der Waals surface area contributed by atoms with E-state index in [1.807, 2.05) is 5.92 Å². The molecule has 0 aliphatic carbocycles. The molecule has 0 unspecified atom stereocenters. The summed E-state index contributed by atoms with van der Waals surface area (Å²) in [6.07, 6.45) is 4.85. The number of hydrogen-bond donors (Lipinski definition) is 1. The van der Waals surface area contributed by atoms with E-state index in [0.29, 0.717) is 6.54 Å². The van der Waals surface area contributed by atoms with Crippen molar-refractivity contribution in [1.82, 2.24) is 4.90 Å². The van der Waals surface area contributed by atoms with Gasteiger partial charge in [0, 0.05) is 6.54 Å². The van der Waals surface area contributed by atoms with Gasteiger partial charge in [-0.2, -0.15) is 0 Å². The molecule has 4 heteroatoms. The van der Waals surface area contributed by atoms with Crippen molar-refractivity contribution in [3.63, 3.8) is 0 Å². The van der Waals surface area contributed by atoms with Crippen molar-refractivity contribution in [3.05, 3.63) is 0 Å². The zero-order valence-electron chi connectivity index (χ0n) is 7.07. The minimum atomic E-state index is -1.06. The molecule has 66 valence electrons. The Balaban J connectivity index is 4.47. The summed E-state index contributed by atoms with van der Waals surface area (Å²) in [6, 6.07) is -0.862. The van der Waals surface area contributed by atoms with Crippen LogP contribution in [0.1, 0.15) is 13.8 Å². The number of carbonyl (C=O) groups excluding carboxylic acids is 1. The van der Waals surface area contributed by atoms with Gasteiger partial charge in [0.2, 0.25) is 0 Å². The second-order valence-electron chi connectivity index (χ2n) is 2.25. The van der Waals surface area contributed by atoms with Crippen LogP contribution in [0.15, 0.2) is 0 Å². The minimum absolute atomic E-state index is 0.302. The summed E-state index contributed by atoms with van der Waals surface area (Å²) in [7, 11) is 0. The summed E-state index contributed by atoms with van der Waals surface area (Å²) in [5.41, 5.74) is 0. The Bertz CT molecular complexity index is 229. The molecule has 4 nitrogen and oxygen atoms in total. The van der Waals surface area contributed by atoms with Crippen LogP contribution in [-0.4, -0.2) is 34.5 Å². The number of aliphatic carboxylic acids is 1. The van der Waals surface area contributed by atoms with Crippen LogP contribution >= 0.6 is 0 Å². The predicted octanol–water partition coefficient (Wildman–Crippen LogP) is -0.0588. The van der Waals surface area contributed by atoms with Crippen molar-refractivity contribution in [2.45, 2.75) is 19.9 Å². The van der Waals surface area contributed by atoms with E-state index in [1.54, 1.807) is 6.92 Å². The number of hydrogen-bond acceptors (Lipinski definition) is 2. The van der Waals surface area contributed by atoms with Crippen LogP contribution in [-0.2, 0) is 9.59 Å². The summed E-state index contributed by atoms with van der Waals surface area (Å²) in [6.45, 7) is 3.40. The van der Waals surface area contributed by atoms with Crippen molar-refractivity contribution >= 4 is 11.9 Å². The third kappa shape index (κ3) is 2.27. The topological polar surface area (TPSA) is 57.6 Å². The summed E-state index contributed by atoms with van der Waals surface area (Å²) >= 11 is 0. The Labute approximate surface area is 71.2 Å². The number of carboxylic acids is 1. The first-order valence-corrected chi connectivity index (χ1v) is 3.54. The first-order valence-electron chi connectivity index (χ1n) is 3.54. The molecule has 0 aliphatic rings. The van der Waals surface area contributed by atoms with Crippen LogP contribution in [0.4, 0.5) is 0 Å². The van der Waals surface area contributed by atoms with Gasteiger partial charge in [-0.1, -0.05) is 0 Å². The fraction of sp³-hybridized carbons (Fsp3) is 0.500. The van der Waals surface area contributed by atoms with E-state index < -0.39 is 17.9 Å². The van der Waals surface area contributed by atoms with Gasteiger partial charge >= 0.3 is 5.97 Å². The van der Waals surface area contributed by atoms with Gasteiger partial charge in [-0.15, -0.1) is 6.42 Å². The molecule has 0 rings (SSSR count). The van der Waals surface area contributed by atoms with Crippen LogP contribution < -0.4 is 0 Å². The predicted molar refractivity (Wildman–Crippen MR) is 43.3 cm³/mol. The number of carboxylic acid groups (broad SMARTS) is 1. The van der Waals surface area contributed by atoms with Crippen LogP contribution in [0.25, 0.3) is 0 Å². The number of amides is 1. The van der Waals surface area contributed by atoms with Gasteiger partial charge in [-0.25, -0.2) is 4.79 Å². The molecule has 0 radical (unpaired) electrons. The number of carbonyl (C=O) groups is 2. The van der Waals surface area contributed by atoms with E-state index in [2.05, 4.69) is 0 Å². The molecule has 0 fully saturated rings. The highest BCUT2D eigenvalue weighted by Gasteiger charge is 2.22. The lowest BCUT2D eigenvalue weighted by Gasteiger charge is -2.21. The second kappa shape index (κ2) is 4.39. The molecular formula is C8H11NO3. The number of nitrogens with zero attached hydrogens (tertiary/aromatic N) is 1. The molecule has 0 saturated carbocycles. The van der Waals surface area contributed by atoms with Gasteiger partial charge in [0.15, 0.2) is 0 Å². The molecule has 0 spiro atoms. The largest absolute Gasteiger partial charge is 0.480 e. The fourth-order valence-corrected chi connectivity index (χ4v) is 0.810. The zero-order valence-corrected chi connectivity index (χ0v) is 7.07. The average molecular weight is 169 g/mol. The summed E-state index contributed by atoms with van der Waals surface area (Å²) in [4.78, 5) is 22.5. The number of likely N-dealkylation sites (N-methyl/N-ethyl adjacent to an activating group) is 1. The van der Waals surface area contributed by atoms with Gasteiger partial charge in [-0.05, 0) is 19.8 Å². The van der Waals surface area contributed by atoms with E-state index >= 15 is 0 Å². The van der Waals surface area contributed by atoms with Crippen LogP contribution in [0.3, 0.4) is 0 Å². The maximum atomic E-state index is 10.9. The van der Waals surface area contributed by atoms with E-state index in [-0.39, 0.29) is 0 Å². The summed E-state index contributed by atoms with van der Waals surface area (Å²) in [5.74, 6) is 0.230. The van der Waals surface area contributed by atoms with Crippen molar-refractivity contribution in [3.8, 4) is 12.3 Å². The molecule has 0 heterocycles. The Kier molecular flexibility index (Phi) is 3.84. The Hall–Kier alpha value is -1.50. The van der Waals surface area contributed by atoms with Crippen LogP contribution in [0.5, 0.6) is 0 Å². The lowest BCUT2D eigenvalue weighted by molar-refractivity contribution is -0.147. The SMILES string of the molecule is C#CC(=O)N(CC)[C@@H](C)C(=O)O. The van der Waals surface area contributed by atoms with E-state index in [9.17, 15) is 9.59 Å². The standard InChI is InChI=1S/C8H11NO3/c1-4-7(10)9(5-2)6(3)8(11)12/h1,6H,5H2,2-3H3,(H,11,12)/t6-/m0/s1. The lowest BCUT2D eigenvalue weighted by atomic mass is 10.3. The van der Waals surface area contributed by atoms with E-state index in [1.165, 1.54) is 6.92 Å². The Morgan fingerprint density at radius 2 is 2.17 bits per heavy atom. The fourth-order valence-electron chi connectivity index (χ4n) is 0.810. The first-order chi connectivity index (χ1) is 5.54. The quantitative estimate of drug-likeness (QED) is 0.602. The molecule has 1 atom stereocenters. The highest BCUT2D eigenvalue weighted by molar-refractivity contribution is 5.95. The highest BCUT2D eigenvalue weighted by atomic mass is 16.4. The lowest BCUT2D eigenvalue weighted by Crippen LogP contribution is -2.42. The molecule has 0 aromatic rings. The molecule has 0 aliphatic heterocycles. The van der Waals surface area contributed by atoms with Crippen LogP contribution in [0, 0.1) is 12.3 Å². The molecule has 1 amide bonds. The molecule has 0 aromatic heterocycles. The van der Waals surface area contributed by atoms with Crippen molar-refractivity contribution in [2.24, 2.45) is 0 Å². The molecular weight excluding hydrogens is 158 g/mol. The third-order valence-electron chi connectivity index (χ3n) is 1.55. The van der Waals surface area contributed by atoms with Gasteiger partial charge in [0.1, 0.15) is 6.04 Å². The van der Waals surface area contributed by atoms with Crippen molar-refractivity contribution in [2.75, 3.05) is 6.54 Å². The van der Waals surface area contributed by atoms with Gasteiger partial charge in [-0.3, -0.25) is 4.79 Å². The molecule has 12 heavy (non-hydrogen) atoms. The maximum absolute atomic E-state index is 10.9. The van der Waals surface area contributed by atoms with Gasteiger partial charge < -0.3 is 10.0 Å². The van der Waals surface area contributed by atoms with Crippen molar-refractivity contribution in [1.29, 1.82) is 0 Å². The van der Waals surface area contributed by atoms with E-state index in [4.69, 9.17) is 11.5 Å². The maximum Gasteiger partial charge on any atom is 0.326 e. The second-order valence-corrected chi connectivity index (χ2v) is 2.25. The third-order valence-corrected chi connectivity index (χ3v) is 1.55. The molecule has 0 aromatic carbocycles. The summed E-state index contributed by atoms with van der Waals surface area (Å²) in [5, 5.41) is 8.57. The highest BCUT2D eigenvalue weighted by Crippen LogP contribution is 1.98. The Morgan fingerprint density at radius 1 is 1.67 bits per heavy atom. The minimum Gasteiger partial charge on any atom is -0.480 e. The Morgan fingerprint density at radius 3 is 2.42 bits per heavy atom. The smallest absolute Gasteiger partial charge is 0.326 e. The van der Waals surface area contributed by atoms with Crippen LogP contribution in [0.2, 0.25) is 0 Å². The normalized spacial score (nSPS) is 11.4. The van der Waals surface area contributed by atoms with Crippen molar-refractivity contribution < 1.29 is 14.7 Å². The average Bonchev–Trinajstić information content (AvgIpc) is 2.05. The first kappa shape index (κ1) is 10.5. The van der Waals surface area contributed by atoms with E-state index in [0.717, 1.165) is 4.90 Å². The molecule has 0 bridgehead atoms.